The molecule has 334 valence electrons. The number of esters is 1. The topological polar surface area (TPSA) is 120 Å². The molecule has 12 nitrogen and oxygen atoms in total. The molecule has 0 aromatic heterocycles. The number of hydrogen-bond donors (Lipinski definition) is 0. The molecule has 4 fully saturated rings. The fourth-order valence-electron chi connectivity index (χ4n) is 11.6. The summed E-state index contributed by atoms with van der Waals surface area (Å²) in [5, 5.41) is 0. The molecule has 0 N–H and O–H groups in total. The van der Waals surface area contributed by atoms with Gasteiger partial charge in [-0.3, -0.25) is 9.59 Å². The van der Waals surface area contributed by atoms with Gasteiger partial charge in [0.15, 0.2) is 18.4 Å². The first-order valence-electron chi connectivity index (χ1n) is 22.6. The van der Waals surface area contributed by atoms with E-state index in [1.165, 1.54) is 5.57 Å². The van der Waals surface area contributed by atoms with E-state index < -0.39 is 18.3 Å². The van der Waals surface area contributed by atoms with Gasteiger partial charge in [0.05, 0.1) is 37.9 Å². The number of methoxy groups -OCH3 is 4. The van der Waals surface area contributed by atoms with Crippen molar-refractivity contribution in [2.24, 2.45) is 35.5 Å². The number of carbonyl (C=O) groups excluding carboxylic acids is 2. The van der Waals surface area contributed by atoms with Crippen molar-refractivity contribution in [2.75, 3.05) is 42.5 Å². The first kappa shape index (κ1) is 45.3. The van der Waals surface area contributed by atoms with E-state index in [0.29, 0.717) is 12.5 Å². The molecular formula is C48H71NO11. The van der Waals surface area contributed by atoms with Crippen molar-refractivity contribution in [2.45, 2.75) is 153 Å². The Bertz CT molecular complexity index is 1700. The van der Waals surface area contributed by atoms with E-state index in [1.807, 2.05) is 26.0 Å². The van der Waals surface area contributed by atoms with Gasteiger partial charge in [-0.1, -0.05) is 38.1 Å². The second kappa shape index (κ2) is 19.8. The summed E-state index contributed by atoms with van der Waals surface area (Å²) in [6.45, 7) is 8.17. The van der Waals surface area contributed by atoms with Crippen LogP contribution in [-0.4, -0.2) is 127 Å². The van der Waals surface area contributed by atoms with Crippen LogP contribution in [0.2, 0.25) is 0 Å². The zero-order chi connectivity index (χ0) is 42.8. The third-order valence-corrected chi connectivity index (χ3v) is 14.8. The molecule has 1 aromatic carbocycles. The molecule has 3 saturated heterocycles. The molecule has 12 heteroatoms. The van der Waals surface area contributed by atoms with Gasteiger partial charge in [-0.25, -0.2) is 0 Å². The van der Waals surface area contributed by atoms with Gasteiger partial charge >= 0.3 is 5.97 Å². The number of likely N-dealkylation sites (N-methyl/N-ethyl adjacent to an activating group) is 1. The molecule has 17 atom stereocenters. The maximum atomic E-state index is 15.1. The van der Waals surface area contributed by atoms with Crippen molar-refractivity contribution >= 4 is 17.3 Å². The molecule has 0 bridgehead atoms. The summed E-state index contributed by atoms with van der Waals surface area (Å²) in [5.41, 5.74) is 3.00. The highest BCUT2D eigenvalue weighted by molar-refractivity contribution is 5.99. The lowest BCUT2D eigenvalue weighted by molar-refractivity contribution is -0.314. The summed E-state index contributed by atoms with van der Waals surface area (Å²) in [4.78, 5) is 31.2. The van der Waals surface area contributed by atoms with Gasteiger partial charge in [0, 0.05) is 39.2 Å². The van der Waals surface area contributed by atoms with Crippen molar-refractivity contribution in [1.29, 1.82) is 0 Å². The van der Waals surface area contributed by atoms with E-state index >= 15 is 4.79 Å². The molecule has 60 heavy (non-hydrogen) atoms. The average molecular weight is 838 g/mol. The Morgan fingerprint density at radius 1 is 0.783 bits per heavy atom. The lowest BCUT2D eigenvalue weighted by Crippen LogP contribution is -2.59. The smallest absolute Gasteiger partial charge is 0.306 e. The third kappa shape index (κ3) is 9.32. The van der Waals surface area contributed by atoms with Crippen LogP contribution in [0.4, 0.5) is 0 Å². The van der Waals surface area contributed by atoms with E-state index in [2.05, 4.69) is 57.1 Å². The number of allylic oxidation sites excluding steroid dienone is 4. The molecule has 0 amide bonds. The highest BCUT2D eigenvalue weighted by Crippen LogP contribution is 2.58. The number of ether oxygens (including phenoxy) is 9. The van der Waals surface area contributed by atoms with Crippen molar-refractivity contribution < 1.29 is 52.2 Å². The Labute approximate surface area is 357 Å². The fraction of sp³-hybridized carbons (Fsp3) is 0.750. The molecule has 1 aromatic rings. The van der Waals surface area contributed by atoms with Gasteiger partial charge in [0.1, 0.15) is 30.2 Å². The van der Waals surface area contributed by atoms with Crippen molar-refractivity contribution in [3.8, 4) is 5.75 Å². The second-order valence-electron chi connectivity index (χ2n) is 18.4. The summed E-state index contributed by atoms with van der Waals surface area (Å²) in [6.07, 6.45) is 7.75. The monoisotopic (exact) mass is 838 g/mol. The minimum Gasteiger partial charge on any atom is -0.497 e. The highest BCUT2D eigenvalue weighted by atomic mass is 16.7. The first-order chi connectivity index (χ1) is 28.9. The summed E-state index contributed by atoms with van der Waals surface area (Å²) in [6, 6.07) is 8.52. The Kier molecular flexibility index (Phi) is 15.0. The van der Waals surface area contributed by atoms with Gasteiger partial charge in [0.2, 0.25) is 0 Å². The number of ketones is 1. The van der Waals surface area contributed by atoms with Gasteiger partial charge in [-0.2, -0.15) is 0 Å². The molecule has 7 rings (SSSR count). The number of carbonyl (C=O) groups is 2. The van der Waals surface area contributed by atoms with E-state index in [-0.39, 0.29) is 96.8 Å². The molecule has 6 aliphatic rings. The Morgan fingerprint density at radius 3 is 2.22 bits per heavy atom. The molecule has 3 aliphatic carbocycles. The summed E-state index contributed by atoms with van der Waals surface area (Å²) < 4.78 is 56.1. The Balaban J connectivity index is 1.21. The largest absolute Gasteiger partial charge is 0.497 e. The summed E-state index contributed by atoms with van der Waals surface area (Å²) in [7, 11) is 10.8. The molecule has 8 unspecified atom stereocenters. The number of cyclic esters (lactones) is 1. The van der Waals surface area contributed by atoms with Crippen molar-refractivity contribution in [1.82, 2.24) is 4.90 Å². The number of hydrogen-bond acceptors (Lipinski definition) is 12. The van der Waals surface area contributed by atoms with Crippen LogP contribution in [0.25, 0.3) is 5.57 Å². The Morgan fingerprint density at radius 2 is 1.53 bits per heavy atom. The lowest BCUT2D eigenvalue weighted by Gasteiger charge is -2.44. The minimum atomic E-state index is -0.658. The summed E-state index contributed by atoms with van der Waals surface area (Å²) >= 11 is 0. The third-order valence-electron chi connectivity index (χ3n) is 14.8. The lowest BCUT2D eigenvalue weighted by atomic mass is 9.66. The van der Waals surface area contributed by atoms with Crippen LogP contribution in [0.15, 0.2) is 42.0 Å². The second-order valence-corrected chi connectivity index (χ2v) is 18.4. The van der Waals surface area contributed by atoms with Crippen LogP contribution in [0.1, 0.15) is 91.0 Å². The predicted octanol–water partition coefficient (Wildman–Crippen LogP) is 7.02. The Hall–Kier alpha value is -2.68. The van der Waals surface area contributed by atoms with Crippen LogP contribution in [0.5, 0.6) is 5.75 Å². The van der Waals surface area contributed by atoms with E-state index in [0.717, 1.165) is 61.8 Å². The number of Topliss-reactive ketones (excluding diaryl/α,β-unsaturated/α-hetero) is 1. The molecule has 3 heterocycles. The maximum absolute atomic E-state index is 15.1. The highest BCUT2D eigenvalue weighted by Gasteiger charge is 2.54. The normalized spacial score (nSPS) is 41.3. The maximum Gasteiger partial charge on any atom is 0.306 e. The molecule has 0 radical (unpaired) electrons. The predicted molar refractivity (Wildman–Crippen MR) is 226 cm³/mol. The van der Waals surface area contributed by atoms with Gasteiger partial charge in [-0.05, 0) is 132 Å². The van der Waals surface area contributed by atoms with Crippen LogP contribution in [-0.2, 0) is 47.5 Å². The van der Waals surface area contributed by atoms with E-state index in [9.17, 15) is 4.79 Å². The zero-order valence-corrected chi connectivity index (χ0v) is 37.6. The zero-order valence-electron chi connectivity index (χ0n) is 37.6. The minimum absolute atomic E-state index is 0.0137. The van der Waals surface area contributed by atoms with Crippen LogP contribution < -0.4 is 4.74 Å². The van der Waals surface area contributed by atoms with Crippen LogP contribution in [0.3, 0.4) is 0 Å². The van der Waals surface area contributed by atoms with E-state index in [1.54, 1.807) is 28.4 Å². The molecular weight excluding hydrogens is 767 g/mol. The van der Waals surface area contributed by atoms with Gasteiger partial charge in [0.25, 0.3) is 0 Å². The molecule has 3 aliphatic heterocycles. The standard InChI is InChI=1S/C48H71NO11/c1-11-30-15-13-17-41(60-43-19-18-40(49(5)6)27(3)56-43)26(2)44(51)39-24-37-35-22-32(59-48-47(55-10)46(54-9)45(53-8)28(4)57-48)21-34(35)33(29-14-12-16-31(20-29)52-7)23-36(37)38(39)25-42(50)58-30/h12,14,16,20,23-24,26-28,30,32,34-38,40-41,43,45-48H,11,13,15,17-19,21-22,25H2,1-10H3/t26-,27?,28?,30+,32-,34?,35-,36?,37+,38+,40+,41+,43+,45?,46?,47?,48?/m1/s1. The van der Waals surface area contributed by atoms with Gasteiger partial charge < -0.3 is 47.5 Å². The number of rotatable bonds is 11. The number of benzene rings is 1. The van der Waals surface area contributed by atoms with Gasteiger partial charge in [-0.15, -0.1) is 0 Å². The fourth-order valence-corrected chi connectivity index (χ4v) is 11.6. The van der Waals surface area contributed by atoms with Crippen LogP contribution >= 0.6 is 0 Å². The van der Waals surface area contributed by atoms with Crippen molar-refractivity contribution in [3.05, 3.63) is 47.6 Å². The quantitative estimate of drug-likeness (QED) is 0.213. The first-order valence-corrected chi connectivity index (χ1v) is 22.6. The molecule has 1 saturated carbocycles. The van der Waals surface area contributed by atoms with Crippen molar-refractivity contribution in [3.63, 3.8) is 0 Å². The SMILES string of the molecule is CC[C@H]1CCC[C@H](O[C@H]2CC[C@H](N(C)C)C(C)O2)[C@@H](C)C(=O)C2=C[C@@H]3C(C=C(c4cccc(OC)c4)C4C[C@@H](OC5OC(C)C(OC)C(OC)C5OC)C[C@H]43)[C@@H]2CC(=O)O1. The average Bonchev–Trinajstić information content (AvgIpc) is 3.82. The van der Waals surface area contributed by atoms with Crippen LogP contribution in [0, 0.1) is 35.5 Å². The number of fused-ring (bicyclic) bond motifs is 5. The molecule has 0 spiro atoms. The summed E-state index contributed by atoms with van der Waals surface area (Å²) in [5.74, 6) is 0.0427. The number of nitrogens with zero attached hydrogens (tertiary/aromatic N) is 1. The van der Waals surface area contributed by atoms with E-state index in [4.69, 9.17) is 42.6 Å².